The predicted molar refractivity (Wildman–Crippen MR) is 80.4 cm³/mol. The van der Waals surface area contributed by atoms with Gasteiger partial charge < -0.3 is 9.84 Å². The van der Waals surface area contributed by atoms with Gasteiger partial charge in [-0.15, -0.1) is 5.10 Å². The molecule has 0 bridgehead atoms. The van der Waals surface area contributed by atoms with Gasteiger partial charge >= 0.3 is 5.97 Å². The number of aryl methyl sites for hydroxylation is 1. The van der Waals surface area contributed by atoms with E-state index in [9.17, 15) is 18.3 Å². The molecule has 0 fully saturated rings. The average molecular weight is 341 g/mol. The third-order valence-electron chi connectivity index (χ3n) is 2.82. The molecule has 0 aliphatic carbocycles. The van der Waals surface area contributed by atoms with Gasteiger partial charge in [0.15, 0.2) is 5.69 Å². The van der Waals surface area contributed by atoms with Crippen LogP contribution in [0.2, 0.25) is 0 Å². The maximum Gasteiger partial charge on any atom is 0.356 e. The topological polar surface area (TPSA) is 136 Å². The molecule has 0 amide bonds. The lowest BCUT2D eigenvalue weighted by Gasteiger charge is -2.10. The van der Waals surface area contributed by atoms with Crippen LogP contribution in [0.5, 0.6) is 0 Å². The molecule has 0 unspecified atom stereocenters. The number of rotatable bonds is 6. The number of pyridine rings is 1. The van der Waals surface area contributed by atoms with Gasteiger partial charge in [-0.1, -0.05) is 5.21 Å². The van der Waals surface area contributed by atoms with Gasteiger partial charge in [0, 0.05) is 14.2 Å². The van der Waals surface area contributed by atoms with Gasteiger partial charge in [0.2, 0.25) is 10.0 Å². The Hall–Kier alpha value is -2.53. The van der Waals surface area contributed by atoms with Crippen LogP contribution < -0.4 is 4.72 Å². The van der Waals surface area contributed by atoms with E-state index in [0.717, 1.165) is 10.9 Å². The fraction of sp³-hybridized carbons (Fsp3) is 0.333. The summed E-state index contributed by atoms with van der Waals surface area (Å²) in [5.74, 6) is -1.19. The molecule has 0 aromatic carbocycles. The number of nitrogens with one attached hydrogen (secondary N) is 1. The molecule has 0 saturated heterocycles. The van der Waals surface area contributed by atoms with E-state index in [0.29, 0.717) is 5.69 Å². The van der Waals surface area contributed by atoms with Crippen molar-refractivity contribution in [2.24, 2.45) is 7.05 Å². The Balaban J connectivity index is 2.54. The zero-order chi connectivity index (χ0) is 17.2. The first kappa shape index (κ1) is 16.8. The lowest BCUT2D eigenvalue weighted by molar-refractivity contribution is 0.0686. The lowest BCUT2D eigenvalue weighted by atomic mass is 10.2. The number of methoxy groups -OCH3 is 1. The van der Waals surface area contributed by atoms with Crippen LogP contribution in [0.25, 0.3) is 11.4 Å². The van der Waals surface area contributed by atoms with Crippen molar-refractivity contribution in [3.8, 4) is 11.4 Å². The molecule has 0 spiro atoms. The summed E-state index contributed by atoms with van der Waals surface area (Å²) in [5, 5.41) is 16.7. The molecule has 0 aliphatic rings. The van der Waals surface area contributed by atoms with Crippen molar-refractivity contribution >= 4 is 21.7 Å². The molecule has 2 heterocycles. The summed E-state index contributed by atoms with van der Waals surface area (Å²) in [4.78, 5) is 15.5. The fourth-order valence-electron chi connectivity index (χ4n) is 1.94. The minimum atomic E-state index is -3.48. The number of sulfonamides is 1. The highest BCUT2D eigenvalue weighted by Gasteiger charge is 2.21. The minimum Gasteiger partial charge on any atom is -0.476 e. The minimum absolute atomic E-state index is 0.0361. The normalized spacial score (nSPS) is 11.4. The van der Waals surface area contributed by atoms with Gasteiger partial charge in [0.1, 0.15) is 5.69 Å². The van der Waals surface area contributed by atoms with E-state index < -0.39 is 16.0 Å². The molecule has 11 heteroatoms. The second kappa shape index (κ2) is 6.30. The van der Waals surface area contributed by atoms with E-state index in [1.807, 2.05) is 0 Å². The second-order valence-corrected chi connectivity index (χ2v) is 6.46. The van der Waals surface area contributed by atoms with E-state index in [-0.39, 0.29) is 29.4 Å². The number of aromatic nitrogens is 4. The van der Waals surface area contributed by atoms with Crippen LogP contribution in [0.4, 0.5) is 5.69 Å². The zero-order valence-electron chi connectivity index (χ0n) is 12.6. The average Bonchev–Trinajstić information content (AvgIpc) is 2.81. The maximum absolute atomic E-state index is 11.4. The fourth-order valence-corrected chi connectivity index (χ4v) is 2.53. The first-order valence-electron chi connectivity index (χ1n) is 6.33. The van der Waals surface area contributed by atoms with Crippen molar-refractivity contribution in [2.75, 3.05) is 18.1 Å². The van der Waals surface area contributed by atoms with Gasteiger partial charge in [-0.05, 0) is 12.1 Å². The largest absolute Gasteiger partial charge is 0.476 e. The van der Waals surface area contributed by atoms with Crippen LogP contribution in [-0.4, -0.2) is 52.8 Å². The van der Waals surface area contributed by atoms with E-state index >= 15 is 0 Å². The molecule has 0 aliphatic heterocycles. The highest BCUT2D eigenvalue weighted by atomic mass is 32.2. The van der Waals surface area contributed by atoms with Crippen molar-refractivity contribution < 1.29 is 23.1 Å². The smallest absolute Gasteiger partial charge is 0.356 e. The van der Waals surface area contributed by atoms with Gasteiger partial charge in [0.25, 0.3) is 0 Å². The number of carboxylic acids is 1. The van der Waals surface area contributed by atoms with E-state index in [2.05, 4.69) is 20.0 Å². The summed E-state index contributed by atoms with van der Waals surface area (Å²) in [7, 11) is -0.597. The zero-order valence-corrected chi connectivity index (χ0v) is 13.5. The van der Waals surface area contributed by atoms with Crippen LogP contribution >= 0.6 is 0 Å². The number of aromatic carboxylic acids is 1. The molecule has 2 N–H and O–H groups in total. The number of anilines is 1. The van der Waals surface area contributed by atoms with Crippen molar-refractivity contribution in [3.63, 3.8) is 0 Å². The highest BCUT2D eigenvalue weighted by molar-refractivity contribution is 7.92. The molecule has 124 valence electrons. The quantitative estimate of drug-likeness (QED) is 0.754. The Morgan fingerprint density at radius 1 is 1.43 bits per heavy atom. The number of ether oxygens (including phenoxy) is 1. The molecule has 2 aromatic rings. The summed E-state index contributed by atoms with van der Waals surface area (Å²) in [6, 6.07) is 2.93. The molecule has 10 nitrogen and oxygen atoms in total. The van der Waals surface area contributed by atoms with E-state index in [1.54, 1.807) is 0 Å². The summed E-state index contributed by atoms with van der Waals surface area (Å²) < 4.78 is 31.2. The van der Waals surface area contributed by atoms with Gasteiger partial charge in [0.05, 0.1) is 29.9 Å². The number of nitrogens with zero attached hydrogens (tertiary/aromatic N) is 4. The Bertz CT molecular complexity index is 846. The van der Waals surface area contributed by atoms with Crippen molar-refractivity contribution in [2.45, 2.75) is 6.61 Å². The molecule has 0 atom stereocenters. The Morgan fingerprint density at radius 2 is 2.13 bits per heavy atom. The van der Waals surface area contributed by atoms with Crippen molar-refractivity contribution in [1.82, 2.24) is 20.0 Å². The molecular weight excluding hydrogens is 326 g/mol. The molecule has 2 aromatic heterocycles. The summed E-state index contributed by atoms with van der Waals surface area (Å²) in [5.41, 5.74) is 0.769. The number of carboxylic acid groups (broad SMARTS) is 1. The Labute approximate surface area is 132 Å². The van der Waals surface area contributed by atoms with Crippen molar-refractivity contribution in [1.29, 1.82) is 0 Å². The molecule has 23 heavy (non-hydrogen) atoms. The summed E-state index contributed by atoms with van der Waals surface area (Å²) >= 11 is 0. The lowest BCUT2D eigenvalue weighted by Crippen LogP contribution is -2.13. The predicted octanol–water partition coefficient (Wildman–Crippen LogP) is 0.0932. The van der Waals surface area contributed by atoms with E-state index in [4.69, 9.17) is 4.74 Å². The Morgan fingerprint density at radius 3 is 2.70 bits per heavy atom. The van der Waals surface area contributed by atoms with Crippen LogP contribution in [-0.2, 0) is 28.4 Å². The number of carbonyl (C=O) groups is 1. The van der Waals surface area contributed by atoms with Gasteiger partial charge in [-0.25, -0.2) is 22.9 Å². The van der Waals surface area contributed by atoms with Crippen molar-refractivity contribution in [3.05, 3.63) is 23.5 Å². The molecular formula is C12H15N5O5S. The number of hydrogen-bond acceptors (Lipinski definition) is 7. The number of hydrogen-bond donors (Lipinski definition) is 2. The molecule has 0 radical (unpaired) electrons. The third-order valence-corrected chi connectivity index (χ3v) is 3.41. The van der Waals surface area contributed by atoms with Crippen LogP contribution in [0.1, 0.15) is 16.2 Å². The standard InChI is InChI=1S/C12H15N5O5S/c1-17-11(12(18)19)10(14-16-17)8-5-4-7(15-23(3,20)21)9(13-8)6-22-2/h4-5,15H,6H2,1-3H3,(H,18,19). The third kappa shape index (κ3) is 3.81. The second-order valence-electron chi connectivity index (χ2n) is 4.71. The summed E-state index contributed by atoms with van der Waals surface area (Å²) in [6.07, 6.45) is 1.02. The van der Waals surface area contributed by atoms with Crippen LogP contribution in [0.15, 0.2) is 12.1 Å². The maximum atomic E-state index is 11.4. The van der Waals surface area contributed by atoms with Crippen LogP contribution in [0, 0.1) is 0 Å². The molecule has 0 saturated carbocycles. The molecule has 2 rings (SSSR count). The SMILES string of the molecule is COCc1nc(-c2nnn(C)c2C(=O)O)ccc1NS(C)(=O)=O. The first-order chi connectivity index (χ1) is 10.7. The summed E-state index contributed by atoms with van der Waals surface area (Å²) in [6.45, 7) is 0.0361. The van der Waals surface area contributed by atoms with E-state index in [1.165, 1.54) is 26.3 Å². The monoisotopic (exact) mass is 341 g/mol. The Kier molecular flexibility index (Phi) is 4.61. The van der Waals surface area contributed by atoms with Crippen LogP contribution in [0.3, 0.4) is 0 Å². The van der Waals surface area contributed by atoms with Gasteiger partial charge in [-0.3, -0.25) is 4.72 Å². The first-order valence-corrected chi connectivity index (χ1v) is 8.22. The highest BCUT2D eigenvalue weighted by Crippen LogP contribution is 2.24. The van der Waals surface area contributed by atoms with Gasteiger partial charge in [-0.2, -0.15) is 0 Å².